The molecule has 0 aliphatic rings. The van der Waals surface area contributed by atoms with Gasteiger partial charge in [-0.05, 0) is 19.1 Å². The Morgan fingerprint density at radius 1 is 1.35 bits per heavy atom. The van der Waals surface area contributed by atoms with Gasteiger partial charge in [-0.15, -0.1) is 0 Å². The van der Waals surface area contributed by atoms with Gasteiger partial charge in [-0.25, -0.2) is 8.78 Å². The number of rotatable bonds is 3. The van der Waals surface area contributed by atoms with E-state index in [1.54, 1.807) is 6.92 Å². The van der Waals surface area contributed by atoms with Gasteiger partial charge in [0.25, 0.3) is 6.43 Å². The molecule has 0 aliphatic carbocycles. The molecule has 90 valence electrons. The van der Waals surface area contributed by atoms with E-state index in [-0.39, 0.29) is 18.0 Å². The van der Waals surface area contributed by atoms with Gasteiger partial charge in [0.15, 0.2) is 0 Å². The van der Waals surface area contributed by atoms with Crippen LogP contribution in [0.15, 0.2) is 24.3 Å². The average Bonchev–Trinajstić information content (AvgIpc) is 2.30. The molecular formula is C13H12F2O2. The maximum Gasteiger partial charge on any atom is 0.317 e. The lowest BCUT2D eigenvalue weighted by Crippen LogP contribution is -2.01. The lowest BCUT2D eigenvalue weighted by atomic mass is 10.1. The molecule has 4 heteroatoms. The van der Waals surface area contributed by atoms with Crippen LogP contribution in [0.4, 0.5) is 8.78 Å². The summed E-state index contributed by atoms with van der Waals surface area (Å²) in [6, 6.07) is 5.64. The molecule has 0 bridgehead atoms. The van der Waals surface area contributed by atoms with E-state index in [2.05, 4.69) is 16.6 Å². The summed E-state index contributed by atoms with van der Waals surface area (Å²) in [6.45, 7) is 2.04. The molecule has 0 heterocycles. The van der Waals surface area contributed by atoms with E-state index in [0.29, 0.717) is 12.2 Å². The third-order valence-corrected chi connectivity index (χ3v) is 1.93. The summed E-state index contributed by atoms with van der Waals surface area (Å²) in [4.78, 5) is 11.0. The molecule has 17 heavy (non-hydrogen) atoms. The van der Waals surface area contributed by atoms with Gasteiger partial charge >= 0.3 is 5.97 Å². The fourth-order valence-electron chi connectivity index (χ4n) is 1.14. The molecule has 0 N–H and O–H groups in total. The number of hydrogen-bond donors (Lipinski definition) is 0. The van der Waals surface area contributed by atoms with Crippen LogP contribution in [0.25, 0.3) is 0 Å². The van der Waals surface area contributed by atoms with Crippen molar-refractivity contribution in [3.05, 3.63) is 35.4 Å². The highest BCUT2D eigenvalue weighted by Gasteiger charge is 2.04. The zero-order valence-electron chi connectivity index (χ0n) is 9.37. The molecule has 1 rings (SSSR count). The molecule has 0 amide bonds. The molecule has 0 aliphatic heterocycles. The molecule has 0 unspecified atom stereocenters. The van der Waals surface area contributed by atoms with Crippen molar-refractivity contribution in [2.45, 2.75) is 19.8 Å². The molecule has 2 nitrogen and oxygen atoms in total. The van der Waals surface area contributed by atoms with Crippen molar-refractivity contribution in [1.29, 1.82) is 0 Å². The number of carbonyl (C=O) groups is 1. The van der Waals surface area contributed by atoms with Gasteiger partial charge in [0, 0.05) is 11.1 Å². The van der Waals surface area contributed by atoms with Crippen LogP contribution >= 0.6 is 0 Å². The smallest absolute Gasteiger partial charge is 0.317 e. The minimum Gasteiger partial charge on any atom is -0.465 e. The van der Waals surface area contributed by atoms with E-state index in [4.69, 9.17) is 0 Å². The number of hydrogen-bond acceptors (Lipinski definition) is 2. The summed E-state index contributed by atoms with van der Waals surface area (Å²) in [5, 5.41) is 0. The van der Waals surface area contributed by atoms with E-state index in [1.807, 2.05) is 0 Å². The van der Waals surface area contributed by atoms with Crippen LogP contribution in [-0.4, -0.2) is 12.6 Å². The summed E-state index contributed by atoms with van der Waals surface area (Å²) in [7, 11) is 0. The zero-order chi connectivity index (χ0) is 12.7. The largest absolute Gasteiger partial charge is 0.465 e. The predicted molar refractivity (Wildman–Crippen MR) is 59.5 cm³/mol. The first kappa shape index (κ1) is 13.2. The Kier molecular flexibility index (Phi) is 5.15. The van der Waals surface area contributed by atoms with Gasteiger partial charge < -0.3 is 4.74 Å². The second-order valence-corrected chi connectivity index (χ2v) is 3.21. The summed E-state index contributed by atoms with van der Waals surface area (Å²) >= 11 is 0. The highest BCUT2D eigenvalue weighted by atomic mass is 19.3. The SMILES string of the molecule is CCOC(=O)CC#Cc1ccc(C(F)F)cc1. The fourth-order valence-corrected chi connectivity index (χ4v) is 1.14. The van der Waals surface area contributed by atoms with Gasteiger partial charge in [0.05, 0.1) is 6.61 Å². The van der Waals surface area contributed by atoms with Crippen LogP contribution in [0.2, 0.25) is 0 Å². The first-order valence-electron chi connectivity index (χ1n) is 5.16. The first-order valence-corrected chi connectivity index (χ1v) is 5.16. The molecule has 0 saturated heterocycles. The second kappa shape index (κ2) is 6.64. The minimum absolute atomic E-state index is 0.00440. The number of alkyl halides is 2. The van der Waals surface area contributed by atoms with Crippen LogP contribution in [0.5, 0.6) is 0 Å². The molecule has 0 atom stereocenters. The van der Waals surface area contributed by atoms with Crippen molar-refractivity contribution in [2.24, 2.45) is 0 Å². The van der Waals surface area contributed by atoms with E-state index in [1.165, 1.54) is 24.3 Å². The molecular weight excluding hydrogens is 226 g/mol. The Balaban J connectivity index is 2.57. The molecule has 1 aromatic carbocycles. The lowest BCUT2D eigenvalue weighted by molar-refractivity contribution is -0.141. The van der Waals surface area contributed by atoms with Crippen molar-refractivity contribution in [3.8, 4) is 11.8 Å². The van der Waals surface area contributed by atoms with E-state index in [9.17, 15) is 13.6 Å². The Morgan fingerprint density at radius 2 is 2.00 bits per heavy atom. The molecule has 0 spiro atoms. The van der Waals surface area contributed by atoms with Gasteiger partial charge in [-0.2, -0.15) is 0 Å². The Labute approximate surface area is 98.6 Å². The monoisotopic (exact) mass is 238 g/mol. The molecule has 0 radical (unpaired) electrons. The summed E-state index contributed by atoms with van der Waals surface area (Å²) < 4.78 is 29.2. The number of ether oxygens (including phenoxy) is 1. The first-order chi connectivity index (χ1) is 8.13. The van der Waals surface area contributed by atoms with Crippen LogP contribution in [0.1, 0.15) is 30.9 Å². The van der Waals surface area contributed by atoms with Gasteiger partial charge in [-0.3, -0.25) is 4.79 Å². The number of benzene rings is 1. The van der Waals surface area contributed by atoms with E-state index >= 15 is 0 Å². The number of esters is 1. The summed E-state index contributed by atoms with van der Waals surface area (Å²) in [5.74, 6) is 4.94. The van der Waals surface area contributed by atoms with Crippen molar-refractivity contribution in [1.82, 2.24) is 0 Å². The van der Waals surface area contributed by atoms with Crippen molar-refractivity contribution in [2.75, 3.05) is 6.61 Å². The van der Waals surface area contributed by atoms with Crippen molar-refractivity contribution >= 4 is 5.97 Å². The molecule has 1 aromatic rings. The lowest BCUT2D eigenvalue weighted by Gasteiger charge is -1.98. The fraction of sp³-hybridized carbons (Fsp3) is 0.308. The Hall–Kier alpha value is -1.89. The Bertz CT molecular complexity index is 427. The molecule has 0 aromatic heterocycles. The van der Waals surface area contributed by atoms with Crippen LogP contribution < -0.4 is 0 Å². The Morgan fingerprint density at radius 3 is 2.53 bits per heavy atom. The topological polar surface area (TPSA) is 26.3 Å². The van der Waals surface area contributed by atoms with Crippen LogP contribution in [0.3, 0.4) is 0 Å². The average molecular weight is 238 g/mol. The standard InChI is InChI=1S/C13H12F2O2/c1-2-17-12(16)5-3-4-10-6-8-11(9-7-10)13(14)15/h6-9,13H,2,5H2,1H3. The highest BCUT2D eigenvalue weighted by molar-refractivity contribution is 5.72. The maximum absolute atomic E-state index is 12.2. The van der Waals surface area contributed by atoms with Crippen LogP contribution in [0, 0.1) is 11.8 Å². The van der Waals surface area contributed by atoms with Crippen molar-refractivity contribution < 1.29 is 18.3 Å². The van der Waals surface area contributed by atoms with E-state index < -0.39 is 6.43 Å². The van der Waals surface area contributed by atoms with E-state index in [0.717, 1.165) is 0 Å². The summed E-state index contributed by atoms with van der Waals surface area (Å²) in [6.07, 6.45) is -2.47. The quantitative estimate of drug-likeness (QED) is 0.597. The van der Waals surface area contributed by atoms with Crippen LogP contribution in [-0.2, 0) is 9.53 Å². The zero-order valence-corrected chi connectivity index (χ0v) is 9.37. The highest BCUT2D eigenvalue weighted by Crippen LogP contribution is 2.18. The minimum atomic E-state index is -2.48. The third-order valence-electron chi connectivity index (χ3n) is 1.93. The van der Waals surface area contributed by atoms with Gasteiger partial charge in [-0.1, -0.05) is 24.0 Å². The number of carbonyl (C=O) groups excluding carboxylic acids is 1. The van der Waals surface area contributed by atoms with Crippen molar-refractivity contribution in [3.63, 3.8) is 0 Å². The second-order valence-electron chi connectivity index (χ2n) is 3.21. The third kappa shape index (κ3) is 4.64. The predicted octanol–water partition coefficient (Wildman–Crippen LogP) is 2.93. The normalized spacial score (nSPS) is 9.65. The molecule has 0 fully saturated rings. The van der Waals surface area contributed by atoms with Gasteiger partial charge in [0.1, 0.15) is 6.42 Å². The number of halogens is 2. The summed E-state index contributed by atoms with van der Waals surface area (Å²) in [5.41, 5.74) is 0.555. The van der Waals surface area contributed by atoms with Gasteiger partial charge in [0.2, 0.25) is 0 Å². The molecule has 0 saturated carbocycles. The maximum atomic E-state index is 12.2.